The maximum Gasteiger partial charge on any atom is 0.110 e. The van der Waals surface area contributed by atoms with Gasteiger partial charge in [-0.05, 0) is 43.5 Å². The van der Waals surface area contributed by atoms with Crippen LogP contribution in [0.5, 0.6) is 0 Å². The second kappa shape index (κ2) is 6.53. The fourth-order valence-electron chi connectivity index (χ4n) is 2.09. The molecular formula is C16H23N3. The average molecular weight is 257 g/mol. The quantitative estimate of drug-likeness (QED) is 0.781. The number of nitrogens with one attached hydrogen (secondary N) is 2. The fraction of sp³-hybridized carbons (Fsp3) is 0.438. The summed E-state index contributed by atoms with van der Waals surface area (Å²) >= 11 is 0. The van der Waals surface area contributed by atoms with Crippen LogP contribution in [0.2, 0.25) is 0 Å². The minimum Gasteiger partial charge on any atom is -0.345 e. The molecular weight excluding hydrogens is 234 g/mol. The summed E-state index contributed by atoms with van der Waals surface area (Å²) in [5, 5.41) is 3.37. The van der Waals surface area contributed by atoms with Crippen molar-refractivity contribution in [3.8, 4) is 0 Å². The van der Waals surface area contributed by atoms with Gasteiger partial charge in [0, 0.05) is 24.9 Å². The molecule has 2 rings (SSSR count). The van der Waals surface area contributed by atoms with Crippen molar-refractivity contribution in [2.45, 2.75) is 40.2 Å². The largest absolute Gasteiger partial charge is 0.345 e. The third kappa shape index (κ3) is 3.93. The van der Waals surface area contributed by atoms with Crippen LogP contribution in [0.25, 0.3) is 0 Å². The van der Waals surface area contributed by atoms with Crippen molar-refractivity contribution in [2.24, 2.45) is 0 Å². The Kier molecular flexibility index (Phi) is 4.74. The van der Waals surface area contributed by atoms with Crippen LogP contribution in [0.1, 0.15) is 41.6 Å². The Morgan fingerprint density at radius 1 is 1.21 bits per heavy atom. The monoisotopic (exact) mass is 257 g/mol. The van der Waals surface area contributed by atoms with E-state index in [1.54, 1.807) is 0 Å². The van der Waals surface area contributed by atoms with Gasteiger partial charge in [-0.3, -0.25) is 0 Å². The molecule has 2 N–H and O–H groups in total. The van der Waals surface area contributed by atoms with Crippen LogP contribution < -0.4 is 5.32 Å². The van der Waals surface area contributed by atoms with E-state index in [1.165, 1.54) is 16.7 Å². The molecule has 0 atom stereocenters. The first-order valence-corrected chi connectivity index (χ1v) is 6.98. The molecule has 0 aliphatic heterocycles. The maximum atomic E-state index is 4.45. The lowest BCUT2D eigenvalue weighted by Gasteiger charge is -2.03. The number of benzene rings is 1. The predicted octanol–water partition coefficient (Wildman–Crippen LogP) is 3.12. The van der Waals surface area contributed by atoms with Crippen molar-refractivity contribution >= 4 is 0 Å². The van der Waals surface area contributed by atoms with Gasteiger partial charge in [-0.15, -0.1) is 0 Å². The van der Waals surface area contributed by atoms with Gasteiger partial charge in [0.2, 0.25) is 0 Å². The van der Waals surface area contributed by atoms with Gasteiger partial charge in [-0.1, -0.05) is 25.1 Å². The van der Waals surface area contributed by atoms with Gasteiger partial charge in [0.15, 0.2) is 0 Å². The first kappa shape index (κ1) is 13.8. The smallest absolute Gasteiger partial charge is 0.110 e. The zero-order chi connectivity index (χ0) is 13.7. The molecule has 0 amide bonds. The van der Waals surface area contributed by atoms with Crippen LogP contribution in [0, 0.1) is 13.8 Å². The van der Waals surface area contributed by atoms with Gasteiger partial charge in [0.1, 0.15) is 5.82 Å². The van der Waals surface area contributed by atoms with Gasteiger partial charge in [0.25, 0.3) is 0 Å². The van der Waals surface area contributed by atoms with Crippen LogP contribution in [-0.2, 0) is 13.0 Å². The Morgan fingerprint density at radius 3 is 2.79 bits per heavy atom. The maximum absolute atomic E-state index is 4.45. The number of aromatic nitrogens is 2. The van der Waals surface area contributed by atoms with Crippen molar-refractivity contribution in [3.05, 3.63) is 52.6 Å². The second-order valence-electron chi connectivity index (χ2n) is 5.13. The molecule has 19 heavy (non-hydrogen) atoms. The Labute approximate surface area is 115 Å². The highest BCUT2D eigenvalue weighted by Gasteiger charge is 2.03. The molecule has 3 nitrogen and oxygen atoms in total. The lowest BCUT2D eigenvalue weighted by molar-refractivity contribution is 0.665. The first-order chi connectivity index (χ1) is 9.19. The summed E-state index contributed by atoms with van der Waals surface area (Å²) in [6.45, 7) is 8.38. The first-order valence-electron chi connectivity index (χ1n) is 6.98. The summed E-state index contributed by atoms with van der Waals surface area (Å²) in [6.07, 6.45) is 3.96. The van der Waals surface area contributed by atoms with E-state index in [1.807, 2.05) is 6.20 Å². The van der Waals surface area contributed by atoms with E-state index in [9.17, 15) is 0 Å². The zero-order valence-corrected chi connectivity index (χ0v) is 12.1. The number of H-pyrrole nitrogens is 1. The van der Waals surface area contributed by atoms with Crippen molar-refractivity contribution in [1.82, 2.24) is 15.3 Å². The number of aromatic amines is 1. The molecule has 0 radical (unpaired) electrons. The number of imidazole rings is 1. The Hall–Kier alpha value is -1.61. The highest BCUT2D eigenvalue weighted by atomic mass is 15.0. The number of aryl methyl sites for hydroxylation is 2. The van der Waals surface area contributed by atoms with E-state index < -0.39 is 0 Å². The molecule has 0 fully saturated rings. The van der Waals surface area contributed by atoms with Gasteiger partial charge in [-0.25, -0.2) is 4.98 Å². The zero-order valence-electron chi connectivity index (χ0n) is 12.1. The van der Waals surface area contributed by atoms with Gasteiger partial charge >= 0.3 is 0 Å². The molecule has 1 heterocycles. The molecule has 0 spiro atoms. The van der Waals surface area contributed by atoms with Gasteiger partial charge in [0.05, 0.1) is 0 Å². The molecule has 0 aliphatic carbocycles. The third-order valence-electron chi connectivity index (χ3n) is 3.37. The molecule has 0 saturated heterocycles. The van der Waals surface area contributed by atoms with Crippen molar-refractivity contribution in [1.29, 1.82) is 0 Å². The Bertz CT molecular complexity index is 529. The molecule has 0 bridgehead atoms. The van der Waals surface area contributed by atoms with Crippen LogP contribution in [0.3, 0.4) is 0 Å². The van der Waals surface area contributed by atoms with Crippen LogP contribution in [-0.4, -0.2) is 16.5 Å². The van der Waals surface area contributed by atoms with E-state index in [2.05, 4.69) is 54.3 Å². The summed E-state index contributed by atoms with van der Waals surface area (Å²) in [4.78, 5) is 7.83. The molecule has 2 aromatic rings. The van der Waals surface area contributed by atoms with E-state index in [-0.39, 0.29) is 0 Å². The third-order valence-corrected chi connectivity index (χ3v) is 3.37. The highest BCUT2D eigenvalue weighted by Crippen LogP contribution is 2.12. The predicted molar refractivity (Wildman–Crippen MR) is 79.3 cm³/mol. The van der Waals surface area contributed by atoms with Crippen LogP contribution in [0.4, 0.5) is 0 Å². The minimum absolute atomic E-state index is 0.869. The molecule has 1 aromatic carbocycles. The van der Waals surface area contributed by atoms with Gasteiger partial charge < -0.3 is 10.3 Å². The van der Waals surface area contributed by atoms with E-state index in [0.29, 0.717) is 0 Å². The van der Waals surface area contributed by atoms with Gasteiger partial charge in [-0.2, -0.15) is 0 Å². The molecule has 3 heteroatoms. The average Bonchev–Trinajstić information content (AvgIpc) is 2.82. The Balaban J connectivity index is 1.97. The van der Waals surface area contributed by atoms with E-state index in [4.69, 9.17) is 0 Å². The van der Waals surface area contributed by atoms with Crippen molar-refractivity contribution in [2.75, 3.05) is 6.54 Å². The Morgan fingerprint density at radius 2 is 2.05 bits per heavy atom. The summed E-state index contributed by atoms with van der Waals surface area (Å²) in [7, 11) is 0. The van der Waals surface area contributed by atoms with Crippen LogP contribution >= 0.6 is 0 Å². The summed E-state index contributed by atoms with van der Waals surface area (Å²) < 4.78 is 0. The number of rotatable bonds is 6. The second-order valence-corrected chi connectivity index (χ2v) is 5.13. The van der Waals surface area contributed by atoms with E-state index in [0.717, 1.165) is 37.4 Å². The number of nitrogens with zero attached hydrogens (tertiary/aromatic N) is 1. The van der Waals surface area contributed by atoms with Crippen molar-refractivity contribution in [3.63, 3.8) is 0 Å². The van der Waals surface area contributed by atoms with Crippen molar-refractivity contribution < 1.29 is 0 Å². The molecule has 0 unspecified atom stereocenters. The standard InChI is InChI=1S/C16H23N3/c1-4-7-17-10-15-11-18-16(19-15)9-14-6-5-12(2)13(3)8-14/h5-6,8,11,17H,4,7,9-10H2,1-3H3,(H,18,19). The molecule has 0 aliphatic rings. The lowest BCUT2D eigenvalue weighted by atomic mass is 10.0. The summed E-state index contributed by atoms with van der Waals surface area (Å²) in [5.41, 5.74) is 5.15. The topological polar surface area (TPSA) is 40.7 Å². The molecule has 0 saturated carbocycles. The highest BCUT2D eigenvalue weighted by molar-refractivity contribution is 5.31. The number of hydrogen-bond acceptors (Lipinski definition) is 2. The SMILES string of the molecule is CCCNCc1cnc(Cc2ccc(C)c(C)c2)[nH]1. The van der Waals surface area contributed by atoms with Crippen LogP contribution in [0.15, 0.2) is 24.4 Å². The fourth-order valence-corrected chi connectivity index (χ4v) is 2.09. The minimum atomic E-state index is 0.869. The summed E-state index contributed by atoms with van der Waals surface area (Å²) in [6, 6.07) is 6.60. The molecule has 1 aromatic heterocycles. The molecule has 102 valence electrons. The summed E-state index contributed by atoms with van der Waals surface area (Å²) in [5.74, 6) is 1.04. The number of hydrogen-bond donors (Lipinski definition) is 2. The lowest BCUT2D eigenvalue weighted by Crippen LogP contribution is -2.13. The normalized spacial score (nSPS) is 10.9. The van der Waals surface area contributed by atoms with E-state index >= 15 is 0 Å².